The predicted octanol–water partition coefficient (Wildman–Crippen LogP) is 6.21. The van der Waals surface area contributed by atoms with E-state index in [1.54, 1.807) is 24.7 Å². The Morgan fingerprint density at radius 1 is 1.08 bits per heavy atom. The topological polar surface area (TPSA) is 77.6 Å². The molecule has 1 aromatic carbocycles. The van der Waals surface area contributed by atoms with Crippen molar-refractivity contribution in [2.45, 2.75) is 67.0 Å². The molecule has 0 aliphatic heterocycles. The van der Waals surface area contributed by atoms with Crippen LogP contribution in [0.3, 0.4) is 0 Å². The second-order valence-electron chi connectivity index (χ2n) is 8.62. The first-order chi connectivity index (χ1) is 17.2. The van der Waals surface area contributed by atoms with E-state index < -0.39 is 0 Å². The van der Waals surface area contributed by atoms with Crippen LogP contribution >= 0.6 is 11.3 Å². The number of carbonyl (C=O) groups is 1. The van der Waals surface area contributed by atoms with Gasteiger partial charge >= 0.3 is 0 Å². The van der Waals surface area contributed by atoms with Crippen molar-refractivity contribution in [1.82, 2.24) is 29.6 Å². The summed E-state index contributed by atoms with van der Waals surface area (Å²) in [5, 5.41) is 10.1. The number of thiazole rings is 1. The standard InChI is InChI=1S/C23H25FN6OS.2C2H6/c1-23(2,3)30-21(15-5-7-16(24)8-6-15)19(11-27-30)22-28-17(13-32-22)9-20(31)25-10-18-12-29(4)14-26-18;2*1-2/h5-8,11-14H,9-10H2,1-4H3,(H,25,31);2*1-2H3. The van der Waals surface area contributed by atoms with E-state index in [4.69, 9.17) is 0 Å². The molecule has 3 heterocycles. The molecular weight excluding hydrogens is 475 g/mol. The van der Waals surface area contributed by atoms with Gasteiger partial charge in [-0.3, -0.25) is 9.48 Å². The van der Waals surface area contributed by atoms with Gasteiger partial charge in [-0.05, 0) is 45.0 Å². The van der Waals surface area contributed by atoms with Gasteiger partial charge in [0.25, 0.3) is 0 Å². The molecule has 7 nitrogen and oxygen atoms in total. The molecule has 0 radical (unpaired) electrons. The highest BCUT2D eigenvalue weighted by Crippen LogP contribution is 2.36. The Morgan fingerprint density at radius 3 is 2.33 bits per heavy atom. The van der Waals surface area contributed by atoms with Crippen molar-refractivity contribution in [2.75, 3.05) is 0 Å². The van der Waals surface area contributed by atoms with Gasteiger partial charge in [-0.15, -0.1) is 11.3 Å². The first-order valence-corrected chi connectivity index (χ1v) is 13.1. The summed E-state index contributed by atoms with van der Waals surface area (Å²) in [7, 11) is 1.89. The third-order valence-corrected chi connectivity index (χ3v) is 5.80. The van der Waals surface area contributed by atoms with Gasteiger partial charge in [0.1, 0.15) is 10.8 Å². The van der Waals surface area contributed by atoms with Crippen LogP contribution in [-0.4, -0.2) is 30.2 Å². The molecule has 0 saturated heterocycles. The highest BCUT2D eigenvalue weighted by Gasteiger charge is 2.24. The zero-order valence-corrected chi connectivity index (χ0v) is 23.3. The van der Waals surface area contributed by atoms with Gasteiger partial charge in [0.15, 0.2) is 0 Å². The van der Waals surface area contributed by atoms with E-state index in [9.17, 15) is 9.18 Å². The van der Waals surface area contributed by atoms with Gasteiger partial charge in [0, 0.05) is 24.2 Å². The van der Waals surface area contributed by atoms with E-state index in [0.29, 0.717) is 12.2 Å². The fourth-order valence-corrected chi connectivity index (χ4v) is 4.22. The molecule has 4 aromatic rings. The lowest BCUT2D eigenvalue weighted by molar-refractivity contribution is -0.120. The van der Waals surface area contributed by atoms with Gasteiger partial charge < -0.3 is 9.88 Å². The van der Waals surface area contributed by atoms with Crippen molar-refractivity contribution in [3.63, 3.8) is 0 Å². The highest BCUT2D eigenvalue weighted by molar-refractivity contribution is 7.13. The lowest BCUT2D eigenvalue weighted by Crippen LogP contribution is -2.24. The van der Waals surface area contributed by atoms with Crippen LogP contribution in [0.1, 0.15) is 59.9 Å². The number of benzene rings is 1. The van der Waals surface area contributed by atoms with Crippen molar-refractivity contribution in [1.29, 1.82) is 0 Å². The lowest BCUT2D eigenvalue weighted by Gasteiger charge is -2.23. The minimum Gasteiger partial charge on any atom is -0.350 e. The summed E-state index contributed by atoms with van der Waals surface area (Å²) in [4.78, 5) is 21.3. The quantitative estimate of drug-likeness (QED) is 0.333. The fraction of sp³-hybridized carbons (Fsp3) is 0.407. The van der Waals surface area contributed by atoms with Crippen molar-refractivity contribution >= 4 is 17.2 Å². The summed E-state index contributed by atoms with van der Waals surface area (Å²) in [6.45, 7) is 14.6. The Labute approximate surface area is 217 Å². The SMILES string of the molecule is CC.CC.Cn1cnc(CNC(=O)Cc2csc(-c3cnn(C(C)(C)C)c3-c3ccc(F)cc3)n2)c1. The van der Waals surface area contributed by atoms with Gasteiger partial charge in [-0.1, -0.05) is 27.7 Å². The Morgan fingerprint density at radius 2 is 1.75 bits per heavy atom. The smallest absolute Gasteiger partial charge is 0.226 e. The zero-order valence-electron chi connectivity index (χ0n) is 22.5. The Bertz CT molecular complexity index is 1230. The number of carbonyl (C=O) groups excluding carboxylic acids is 1. The number of nitrogens with one attached hydrogen (secondary N) is 1. The number of imidazole rings is 1. The van der Waals surface area contributed by atoms with Crippen LogP contribution in [0.4, 0.5) is 4.39 Å². The molecule has 0 unspecified atom stereocenters. The maximum atomic E-state index is 13.5. The van der Waals surface area contributed by atoms with Crippen LogP contribution in [0.5, 0.6) is 0 Å². The summed E-state index contributed by atoms with van der Waals surface area (Å²) in [5.74, 6) is -0.401. The first kappa shape index (κ1) is 28.9. The number of halogens is 1. The second kappa shape index (κ2) is 13.1. The molecule has 3 aromatic heterocycles. The number of amides is 1. The summed E-state index contributed by atoms with van der Waals surface area (Å²) in [6, 6.07) is 6.38. The molecule has 1 N–H and O–H groups in total. The minimum absolute atomic E-state index is 0.114. The van der Waals surface area contributed by atoms with E-state index in [2.05, 4.69) is 41.2 Å². The average molecular weight is 513 g/mol. The first-order valence-electron chi connectivity index (χ1n) is 12.2. The third-order valence-electron chi connectivity index (χ3n) is 4.87. The van der Waals surface area contributed by atoms with Crippen LogP contribution in [0, 0.1) is 5.82 Å². The van der Waals surface area contributed by atoms with Crippen LogP contribution in [-0.2, 0) is 30.3 Å². The number of hydrogen-bond donors (Lipinski definition) is 1. The van der Waals surface area contributed by atoms with E-state index >= 15 is 0 Å². The summed E-state index contributed by atoms with van der Waals surface area (Å²) in [5.41, 5.74) is 3.82. The van der Waals surface area contributed by atoms with Crippen molar-refractivity contribution in [2.24, 2.45) is 7.05 Å². The second-order valence-corrected chi connectivity index (χ2v) is 9.48. The number of rotatable bonds is 6. The van der Waals surface area contributed by atoms with E-state index in [1.165, 1.54) is 23.5 Å². The Hall–Kier alpha value is -3.33. The van der Waals surface area contributed by atoms with Crippen LogP contribution in [0.25, 0.3) is 21.8 Å². The molecule has 0 spiro atoms. The minimum atomic E-state index is -0.287. The normalized spacial score (nSPS) is 10.7. The molecule has 9 heteroatoms. The maximum absolute atomic E-state index is 13.5. The molecule has 0 aliphatic rings. The van der Waals surface area contributed by atoms with Gasteiger partial charge in [0.2, 0.25) is 5.91 Å². The maximum Gasteiger partial charge on any atom is 0.226 e. The average Bonchev–Trinajstić information content (AvgIpc) is 3.60. The molecule has 0 aliphatic carbocycles. The number of hydrogen-bond acceptors (Lipinski definition) is 5. The van der Waals surface area contributed by atoms with Crippen LogP contribution in [0.15, 0.2) is 48.4 Å². The van der Waals surface area contributed by atoms with Gasteiger partial charge in [-0.25, -0.2) is 14.4 Å². The molecule has 0 bridgehead atoms. The number of aryl methyl sites for hydroxylation is 1. The molecule has 36 heavy (non-hydrogen) atoms. The van der Waals surface area contributed by atoms with Crippen LogP contribution < -0.4 is 5.32 Å². The molecule has 0 atom stereocenters. The number of nitrogens with zero attached hydrogens (tertiary/aromatic N) is 5. The van der Waals surface area contributed by atoms with Crippen molar-refractivity contribution in [3.8, 4) is 21.8 Å². The Balaban J connectivity index is 0.00000109. The highest BCUT2D eigenvalue weighted by atomic mass is 32.1. The van der Waals surface area contributed by atoms with Crippen molar-refractivity contribution < 1.29 is 9.18 Å². The summed E-state index contributed by atoms with van der Waals surface area (Å²) >= 11 is 1.46. The summed E-state index contributed by atoms with van der Waals surface area (Å²) < 4.78 is 17.3. The predicted molar refractivity (Wildman–Crippen MR) is 145 cm³/mol. The third kappa shape index (κ3) is 7.34. The molecule has 0 fully saturated rings. The van der Waals surface area contributed by atoms with Crippen LogP contribution in [0.2, 0.25) is 0 Å². The van der Waals surface area contributed by atoms with Crippen molar-refractivity contribution in [3.05, 3.63) is 65.6 Å². The molecule has 0 saturated carbocycles. The largest absolute Gasteiger partial charge is 0.350 e. The monoisotopic (exact) mass is 512 g/mol. The summed E-state index contributed by atoms with van der Waals surface area (Å²) in [6.07, 6.45) is 5.53. The molecule has 1 amide bonds. The lowest BCUT2D eigenvalue weighted by atomic mass is 10.0. The van der Waals surface area contributed by atoms with E-state index in [0.717, 1.165) is 27.5 Å². The molecule has 194 valence electrons. The van der Waals surface area contributed by atoms with Gasteiger partial charge in [0.05, 0.1) is 53.7 Å². The van der Waals surface area contributed by atoms with E-state index in [1.807, 2.05) is 55.6 Å². The number of aromatic nitrogens is 5. The molecular formula is C27H37FN6OS. The van der Waals surface area contributed by atoms with Gasteiger partial charge in [-0.2, -0.15) is 5.10 Å². The fourth-order valence-electron chi connectivity index (χ4n) is 3.39. The molecule has 4 rings (SSSR count). The van der Waals surface area contributed by atoms with E-state index in [-0.39, 0.29) is 23.7 Å². The Kier molecular flexibility index (Phi) is 10.5. The zero-order chi connectivity index (χ0) is 26.9.